The molecule has 0 saturated heterocycles. The van der Waals surface area contributed by atoms with E-state index in [0.29, 0.717) is 5.78 Å². The van der Waals surface area contributed by atoms with Crippen LogP contribution in [0.2, 0.25) is 0 Å². The fourth-order valence-corrected chi connectivity index (χ4v) is 3.57. The number of hydrogen-bond donors (Lipinski definition) is 2. The highest BCUT2D eigenvalue weighted by Gasteiger charge is 2.21. The molecule has 0 spiro atoms. The number of nitrogens with one attached hydrogen (secondary N) is 1. The average Bonchev–Trinajstić information content (AvgIpc) is 3.17. The third-order valence-corrected chi connectivity index (χ3v) is 4.75. The Morgan fingerprint density at radius 1 is 1.18 bits per heavy atom. The minimum atomic E-state index is 0.615. The number of benzene rings is 1. The van der Waals surface area contributed by atoms with Crippen LogP contribution in [0.15, 0.2) is 35.5 Å². The Kier molecular flexibility index (Phi) is 3.44. The maximum Gasteiger partial charge on any atom is 0.255 e. The van der Waals surface area contributed by atoms with Gasteiger partial charge in [-0.25, -0.2) is 10.8 Å². The van der Waals surface area contributed by atoms with Gasteiger partial charge in [0.05, 0.1) is 5.69 Å². The fourth-order valence-electron chi connectivity index (χ4n) is 2.79. The number of aryl methyl sites for hydroxylation is 1. The summed E-state index contributed by atoms with van der Waals surface area (Å²) in [7, 11) is 0. The summed E-state index contributed by atoms with van der Waals surface area (Å²) in [4.78, 5) is 9.14. The van der Waals surface area contributed by atoms with Crippen LogP contribution in [-0.4, -0.2) is 19.6 Å². The van der Waals surface area contributed by atoms with Crippen molar-refractivity contribution in [2.24, 2.45) is 5.84 Å². The zero-order chi connectivity index (χ0) is 14.9. The van der Waals surface area contributed by atoms with Crippen molar-refractivity contribution in [3.05, 3.63) is 47.2 Å². The fraction of sp³-hybridized carbons (Fsp3) is 0.267. The van der Waals surface area contributed by atoms with Crippen LogP contribution >= 0.6 is 11.8 Å². The van der Waals surface area contributed by atoms with Gasteiger partial charge in [-0.2, -0.15) is 9.50 Å². The first kappa shape index (κ1) is 13.5. The highest BCUT2D eigenvalue weighted by Crippen LogP contribution is 2.28. The van der Waals surface area contributed by atoms with Crippen molar-refractivity contribution in [2.45, 2.75) is 30.2 Å². The number of nitrogen functional groups attached to an aromatic ring is 1. The van der Waals surface area contributed by atoms with Crippen LogP contribution < -0.4 is 11.3 Å². The van der Waals surface area contributed by atoms with Gasteiger partial charge in [0.25, 0.3) is 5.78 Å². The first-order valence-electron chi connectivity index (χ1n) is 7.27. The molecular weight excluding hydrogens is 296 g/mol. The van der Waals surface area contributed by atoms with E-state index in [1.807, 2.05) is 18.2 Å². The Morgan fingerprint density at radius 3 is 2.86 bits per heavy atom. The van der Waals surface area contributed by atoms with Gasteiger partial charge in [0.1, 0.15) is 0 Å². The molecule has 0 saturated carbocycles. The minimum absolute atomic E-state index is 0.615. The molecule has 0 fully saturated rings. The Morgan fingerprint density at radius 2 is 2.05 bits per heavy atom. The summed E-state index contributed by atoms with van der Waals surface area (Å²) in [6, 6.07) is 10.3. The molecule has 3 aromatic rings. The van der Waals surface area contributed by atoms with E-state index >= 15 is 0 Å². The molecule has 0 aliphatic heterocycles. The summed E-state index contributed by atoms with van der Waals surface area (Å²) in [6.45, 7) is 0. The molecule has 1 aliphatic rings. The second-order valence-electron chi connectivity index (χ2n) is 5.26. The predicted octanol–water partition coefficient (Wildman–Crippen LogP) is 2.19. The summed E-state index contributed by atoms with van der Waals surface area (Å²) in [6.07, 6.45) is 3.09. The number of anilines is 1. The predicted molar refractivity (Wildman–Crippen MR) is 86.6 cm³/mol. The zero-order valence-corrected chi connectivity index (χ0v) is 12.8. The molecule has 22 heavy (non-hydrogen) atoms. The first-order valence-corrected chi connectivity index (χ1v) is 8.25. The van der Waals surface area contributed by atoms with Crippen molar-refractivity contribution >= 4 is 23.4 Å². The maximum atomic E-state index is 5.69. The van der Waals surface area contributed by atoms with Crippen LogP contribution in [0.3, 0.4) is 0 Å². The number of rotatable bonds is 4. The number of hydrogen-bond acceptors (Lipinski definition) is 6. The smallest absolute Gasteiger partial charge is 0.255 e. The first-order chi connectivity index (χ1) is 10.8. The Balaban J connectivity index is 1.66. The Labute approximate surface area is 132 Å². The lowest BCUT2D eigenvalue weighted by Crippen LogP contribution is -2.15. The second-order valence-corrected chi connectivity index (χ2v) is 6.21. The van der Waals surface area contributed by atoms with Crippen LogP contribution in [0.4, 0.5) is 5.82 Å². The van der Waals surface area contributed by atoms with E-state index < -0.39 is 0 Å². The molecule has 112 valence electrons. The molecule has 7 heteroatoms. The van der Waals surface area contributed by atoms with Gasteiger partial charge in [-0.1, -0.05) is 42.1 Å². The summed E-state index contributed by atoms with van der Waals surface area (Å²) in [5.74, 6) is 7.96. The number of nitrogens with zero attached hydrogens (tertiary/aromatic N) is 4. The van der Waals surface area contributed by atoms with Gasteiger partial charge in [-0.05, 0) is 24.8 Å². The topological polar surface area (TPSA) is 81.1 Å². The highest BCUT2D eigenvalue weighted by molar-refractivity contribution is 7.98. The summed E-state index contributed by atoms with van der Waals surface area (Å²) in [5, 5.41) is 5.26. The molecule has 0 atom stereocenters. The number of nitrogens with two attached hydrogens (primary N) is 1. The Bertz CT molecular complexity index is 814. The van der Waals surface area contributed by atoms with Crippen LogP contribution in [0.25, 0.3) is 5.78 Å². The molecule has 4 rings (SSSR count). The van der Waals surface area contributed by atoms with E-state index in [9.17, 15) is 0 Å². The quantitative estimate of drug-likeness (QED) is 0.437. The number of aromatic nitrogens is 4. The van der Waals surface area contributed by atoms with Gasteiger partial charge in [0, 0.05) is 11.3 Å². The molecule has 0 unspecified atom stereocenters. The number of fused-ring (bicyclic) bond motifs is 2. The van der Waals surface area contributed by atoms with Gasteiger partial charge in [0.15, 0.2) is 5.82 Å². The van der Waals surface area contributed by atoms with Gasteiger partial charge in [0.2, 0.25) is 5.16 Å². The van der Waals surface area contributed by atoms with Gasteiger partial charge in [-0.15, -0.1) is 5.10 Å². The maximum absolute atomic E-state index is 5.69. The van der Waals surface area contributed by atoms with Crippen LogP contribution in [0.5, 0.6) is 0 Å². The summed E-state index contributed by atoms with van der Waals surface area (Å²) < 4.78 is 1.72. The molecular formula is C15H16N6S. The van der Waals surface area contributed by atoms with E-state index in [4.69, 9.17) is 5.84 Å². The third kappa shape index (κ3) is 2.32. The van der Waals surface area contributed by atoms with Crippen molar-refractivity contribution in [1.82, 2.24) is 19.6 Å². The van der Waals surface area contributed by atoms with Gasteiger partial charge < -0.3 is 5.43 Å². The third-order valence-electron chi connectivity index (χ3n) is 3.84. The van der Waals surface area contributed by atoms with Crippen molar-refractivity contribution in [3.8, 4) is 0 Å². The highest BCUT2D eigenvalue weighted by atomic mass is 32.2. The second kappa shape index (κ2) is 5.58. The van der Waals surface area contributed by atoms with E-state index in [1.54, 1.807) is 16.3 Å². The van der Waals surface area contributed by atoms with Crippen LogP contribution in [0.1, 0.15) is 23.2 Å². The SMILES string of the molecule is NNc1c2c(nc3nc(SCc4ccccc4)nn13)CCC2. The standard InChI is InChI=1S/C15H16N6S/c16-19-13-11-7-4-8-12(11)17-14-18-15(20-21(13)14)22-9-10-5-2-1-3-6-10/h1-3,5-6,19H,4,7-9,16H2. The molecule has 0 bridgehead atoms. The molecule has 2 heterocycles. The monoisotopic (exact) mass is 312 g/mol. The lowest BCUT2D eigenvalue weighted by atomic mass is 10.2. The van der Waals surface area contributed by atoms with Gasteiger partial charge in [-0.3, -0.25) is 0 Å². The molecule has 0 radical (unpaired) electrons. The van der Waals surface area contributed by atoms with Crippen molar-refractivity contribution < 1.29 is 0 Å². The normalized spacial score (nSPS) is 13.5. The lowest BCUT2D eigenvalue weighted by molar-refractivity contribution is 0.866. The van der Waals surface area contributed by atoms with E-state index in [1.165, 1.54) is 11.1 Å². The van der Waals surface area contributed by atoms with E-state index in [0.717, 1.165) is 41.7 Å². The van der Waals surface area contributed by atoms with Crippen molar-refractivity contribution in [2.75, 3.05) is 5.43 Å². The van der Waals surface area contributed by atoms with E-state index in [2.05, 4.69) is 32.6 Å². The lowest BCUT2D eigenvalue weighted by Gasteiger charge is -2.07. The average molecular weight is 312 g/mol. The number of hydrazine groups is 1. The largest absolute Gasteiger partial charge is 0.308 e. The number of thioether (sulfide) groups is 1. The van der Waals surface area contributed by atoms with Crippen LogP contribution in [-0.2, 0) is 18.6 Å². The van der Waals surface area contributed by atoms with E-state index in [-0.39, 0.29) is 0 Å². The molecule has 1 aliphatic carbocycles. The molecule has 1 aromatic carbocycles. The Hall–Kier alpha value is -2.12. The van der Waals surface area contributed by atoms with Gasteiger partial charge >= 0.3 is 0 Å². The molecule has 6 nitrogen and oxygen atoms in total. The summed E-state index contributed by atoms with van der Waals surface area (Å²) >= 11 is 1.60. The van der Waals surface area contributed by atoms with Crippen molar-refractivity contribution in [3.63, 3.8) is 0 Å². The molecule has 2 aromatic heterocycles. The zero-order valence-electron chi connectivity index (χ0n) is 12.0. The van der Waals surface area contributed by atoms with Crippen molar-refractivity contribution in [1.29, 1.82) is 0 Å². The molecule has 3 N–H and O–H groups in total. The molecule has 0 amide bonds. The minimum Gasteiger partial charge on any atom is -0.308 e. The summed E-state index contributed by atoms with van der Waals surface area (Å²) in [5.41, 5.74) is 6.27. The van der Waals surface area contributed by atoms with Crippen LogP contribution in [0, 0.1) is 0 Å².